The number of piperidine rings is 1. The van der Waals surface area contributed by atoms with Gasteiger partial charge in [0.15, 0.2) is 0 Å². The van der Waals surface area contributed by atoms with E-state index < -0.39 is 5.97 Å². The molecule has 100 valence electrons. The average Bonchev–Trinajstić information content (AvgIpc) is 2.83. The van der Waals surface area contributed by atoms with Crippen LogP contribution >= 0.6 is 0 Å². The van der Waals surface area contributed by atoms with E-state index in [0.29, 0.717) is 5.56 Å². The van der Waals surface area contributed by atoms with Crippen molar-refractivity contribution in [1.29, 1.82) is 0 Å². The highest BCUT2D eigenvalue weighted by molar-refractivity contribution is 6.02. The molecule has 0 amide bonds. The smallest absolute Gasteiger partial charge is 0.337 e. The van der Waals surface area contributed by atoms with Gasteiger partial charge in [-0.1, -0.05) is 18.6 Å². The van der Waals surface area contributed by atoms with E-state index >= 15 is 0 Å². The van der Waals surface area contributed by atoms with Gasteiger partial charge in [0.1, 0.15) is 0 Å². The molecule has 0 unspecified atom stereocenters. The van der Waals surface area contributed by atoms with E-state index in [4.69, 9.17) is 0 Å². The number of carboxylic acids is 1. The number of aromatic amines is 1. The Hall–Kier alpha value is -1.81. The summed E-state index contributed by atoms with van der Waals surface area (Å²) in [5, 5.41) is 10.2. The van der Waals surface area contributed by atoms with E-state index in [-0.39, 0.29) is 0 Å². The summed E-state index contributed by atoms with van der Waals surface area (Å²) in [4.78, 5) is 16.7. The van der Waals surface area contributed by atoms with Crippen LogP contribution in [0.2, 0.25) is 0 Å². The number of fused-ring (bicyclic) bond motifs is 1. The number of nitrogens with zero attached hydrogens (tertiary/aromatic N) is 1. The molecule has 0 spiro atoms. The molecule has 1 aliphatic heterocycles. The van der Waals surface area contributed by atoms with Gasteiger partial charge in [-0.15, -0.1) is 0 Å². The third-order valence-corrected chi connectivity index (χ3v) is 3.87. The molecule has 0 aliphatic carbocycles. The van der Waals surface area contributed by atoms with Gasteiger partial charge in [-0.05, 0) is 37.6 Å². The normalized spacial score (nSPS) is 16.8. The van der Waals surface area contributed by atoms with Crippen molar-refractivity contribution < 1.29 is 9.90 Å². The van der Waals surface area contributed by atoms with Gasteiger partial charge in [-0.3, -0.25) is 4.90 Å². The molecular weight excluding hydrogens is 240 g/mol. The number of rotatable bonds is 3. The molecule has 0 atom stereocenters. The van der Waals surface area contributed by atoms with E-state index in [9.17, 15) is 9.90 Å². The Balaban J connectivity index is 1.92. The zero-order chi connectivity index (χ0) is 13.2. The standard InChI is InChI=1S/C15H18N2O2/c18-15(19)13-6-4-5-12-11(9-16-14(12)13)10-17-7-2-1-3-8-17/h4-6,9,16H,1-3,7-8,10H2,(H,18,19). The zero-order valence-electron chi connectivity index (χ0n) is 10.9. The molecule has 1 aliphatic rings. The van der Waals surface area contributed by atoms with E-state index in [1.807, 2.05) is 18.3 Å². The number of carbonyl (C=O) groups is 1. The highest BCUT2D eigenvalue weighted by atomic mass is 16.4. The van der Waals surface area contributed by atoms with Crippen LogP contribution < -0.4 is 0 Å². The quantitative estimate of drug-likeness (QED) is 0.890. The first-order chi connectivity index (χ1) is 9.25. The van der Waals surface area contributed by atoms with Crippen molar-refractivity contribution in [2.75, 3.05) is 13.1 Å². The van der Waals surface area contributed by atoms with Gasteiger partial charge in [-0.2, -0.15) is 0 Å². The van der Waals surface area contributed by atoms with Gasteiger partial charge in [0, 0.05) is 18.1 Å². The molecule has 1 fully saturated rings. The molecule has 19 heavy (non-hydrogen) atoms. The summed E-state index contributed by atoms with van der Waals surface area (Å²) in [5.74, 6) is -0.878. The monoisotopic (exact) mass is 258 g/mol. The van der Waals surface area contributed by atoms with Gasteiger partial charge >= 0.3 is 5.97 Å². The third kappa shape index (κ3) is 2.36. The predicted octanol–water partition coefficient (Wildman–Crippen LogP) is 2.85. The lowest BCUT2D eigenvalue weighted by Crippen LogP contribution is -2.28. The predicted molar refractivity (Wildman–Crippen MR) is 74.4 cm³/mol. The molecular formula is C15H18N2O2. The molecule has 2 aromatic rings. The molecule has 1 aromatic heterocycles. The van der Waals surface area contributed by atoms with Crippen LogP contribution in [0.1, 0.15) is 35.2 Å². The fourth-order valence-electron chi connectivity index (χ4n) is 2.88. The maximum absolute atomic E-state index is 11.2. The molecule has 2 heterocycles. The SMILES string of the molecule is O=C(O)c1cccc2c(CN3CCCCC3)c[nH]c12. The van der Waals surface area contributed by atoms with Gasteiger partial charge in [0.2, 0.25) is 0 Å². The summed E-state index contributed by atoms with van der Waals surface area (Å²) < 4.78 is 0. The van der Waals surface area contributed by atoms with Gasteiger partial charge < -0.3 is 10.1 Å². The van der Waals surface area contributed by atoms with Crippen molar-refractivity contribution in [2.24, 2.45) is 0 Å². The number of H-pyrrole nitrogens is 1. The highest BCUT2D eigenvalue weighted by Crippen LogP contribution is 2.24. The van der Waals surface area contributed by atoms with E-state index in [2.05, 4.69) is 9.88 Å². The molecule has 0 radical (unpaired) electrons. The van der Waals surface area contributed by atoms with Gasteiger partial charge in [0.25, 0.3) is 0 Å². The molecule has 4 heteroatoms. The van der Waals surface area contributed by atoms with Crippen molar-refractivity contribution in [3.63, 3.8) is 0 Å². The van der Waals surface area contributed by atoms with Crippen LogP contribution in [-0.2, 0) is 6.54 Å². The Morgan fingerprint density at radius 2 is 2.05 bits per heavy atom. The van der Waals surface area contributed by atoms with Crippen LogP contribution in [0.5, 0.6) is 0 Å². The summed E-state index contributed by atoms with van der Waals surface area (Å²) >= 11 is 0. The lowest BCUT2D eigenvalue weighted by molar-refractivity contribution is 0.0699. The maximum Gasteiger partial charge on any atom is 0.337 e. The maximum atomic E-state index is 11.2. The Labute approximate surface area is 112 Å². The summed E-state index contributed by atoms with van der Waals surface area (Å²) in [5.41, 5.74) is 2.28. The van der Waals surface area contributed by atoms with E-state index in [1.54, 1.807) is 6.07 Å². The Kier molecular flexibility index (Phi) is 3.25. The zero-order valence-corrected chi connectivity index (χ0v) is 10.9. The summed E-state index contributed by atoms with van der Waals surface area (Å²) in [6.07, 6.45) is 5.81. The minimum atomic E-state index is -0.878. The summed E-state index contributed by atoms with van der Waals surface area (Å²) in [6, 6.07) is 5.46. The second-order valence-electron chi connectivity index (χ2n) is 5.18. The molecule has 1 aromatic carbocycles. The number of benzene rings is 1. The van der Waals surface area contributed by atoms with Crippen molar-refractivity contribution in [3.8, 4) is 0 Å². The van der Waals surface area contributed by atoms with E-state index in [0.717, 1.165) is 30.5 Å². The Morgan fingerprint density at radius 1 is 1.26 bits per heavy atom. The van der Waals surface area contributed by atoms with Gasteiger partial charge in [-0.25, -0.2) is 4.79 Å². The first kappa shape index (κ1) is 12.2. The number of aromatic carboxylic acids is 1. The number of nitrogens with one attached hydrogen (secondary N) is 1. The van der Waals surface area contributed by atoms with Crippen molar-refractivity contribution in [3.05, 3.63) is 35.5 Å². The average molecular weight is 258 g/mol. The fraction of sp³-hybridized carbons (Fsp3) is 0.400. The minimum Gasteiger partial charge on any atom is -0.478 e. The molecule has 2 N–H and O–H groups in total. The largest absolute Gasteiger partial charge is 0.478 e. The Bertz CT molecular complexity index is 597. The van der Waals surface area contributed by atoms with Crippen LogP contribution in [0.4, 0.5) is 0 Å². The minimum absolute atomic E-state index is 0.349. The van der Waals surface area contributed by atoms with Gasteiger partial charge in [0.05, 0.1) is 11.1 Å². The number of likely N-dealkylation sites (tertiary alicyclic amines) is 1. The molecule has 1 saturated heterocycles. The first-order valence-electron chi connectivity index (χ1n) is 6.80. The van der Waals surface area contributed by atoms with Crippen molar-refractivity contribution in [1.82, 2.24) is 9.88 Å². The molecule has 0 saturated carbocycles. The van der Waals surface area contributed by atoms with Crippen molar-refractivity contribution in [2.45, 2.75) is 25.8 Å². The highest BCUT2D eigenvalue weighted by Gasteiger charge is 2.15. The second-order valence-corrected chi connectivity index (χ2v) is 5.18. The van der Waals surface area contributed by atoms with Crippen LogP contribution in [0, 0.1) is 0 Å². The van der Waals surface area contributed by atoms with Crippen LogP contribution in [0.25, 0.3) is 10.9 Å². The second kappa shape index (κ2) is 5.05. The van der Waals surface area contributed by atoms with Crippen LogP contribution in [0.3, 0.4) is 0 Å². The number of carboxylic acid groups (broad SMARTS) is 1. The van der Waals surface area contributed by atoms with E-state index in [1.165, 1.54) is 24.8 Å². The summed E-state index contributed by atoms with van der Waals surface area (Å²) in [7, 11) is 0. The first-order valence-corrected chi connectivity index (χ1v) is 6.80. The number of hydrogen-bond acceptors (Lipinski definition) is 2. The number of aromatic nitrogens is 1. The lowest BCUT2D eigenvalue weighted by Gasteiger charge is -2.26. The molecule has 3 rings (SSSR count). The fourth-order valence-corrected chi connectivity index (χ4v) is 2.88. The Morgan fingerprint density at radius 3 is 2.79 bits per heavy atom. The number of para-hydroxylation sites is 1. The molecule has 0 bridgehead atoms. The van der Waals surface area contributed by atoms with Crippen LogP contribution in [0.15, 0.2) is 24.4 Å². The third-order valence-electron chi connectivity index (χ3n) is 3.87. The summed E-state index contributed by atoms with van der Waals surface area (Å²) in [6.45, 7) is 3.19. The topological polar surface area (TPSA) is 56.3 Å². The van der Waals surface area contributed by atoms with Crippen molar-refractivity contribution >= 4 is 16.9 Å². The van der Waals surface area contributed by atoms with Crippen LogP contribution in [-0.4, -0.2) is 34.0 Å². The lowest BCUT2D eigenvalue weighted by atomic mass is 10.1. The molecule has 4 nitrogen and oxygen atoms in total. The number of hydrogen-bond donors (Lipinski definition) is 2.